The molecule has 0 fully saturated rings. The molecule has 0 radical (unpaired) electrons. The van der Waals surface area contributed by atoms with Crippen LogP contribution in [0.2, 0.25) is 0 Å². The fourth-order valence-corrected chi connectivity index (χ4v) is 2.88. The molecule has 1 aliphatic carbocycles. The molecule has 0 aliphatic heterocycles. The van der Waals surface area contributed by atoms with Gasteiger partial charge in [0.25, 0.3) is 0 Å². The van der Waals surface area contributed by atoms with Crippen molar-refractivity contribution in [3.8, 4) is 0 Å². The van der Waals surface area contributed by atoms with E-state index in [-0.39, 0.29) is 25.9 Å². The number of halogens is 3. The molecule has 1 aromatic rings. The zero-order valence-corrected chi connectivity index (χ0v) is 12.7. The fourth-order valence-electron chi connectivity index (χ4n) is 2.88. The van der Waals surface area contributed by atoms with Gasteiger partial charge in [0, 0.05) is 6.42 Å². The van der Waals surface area contributed by atoms with Gasteiger partial charge in [0.1, 0.15) is 5.41 Å². The predicted octanol–water partition coefficient (Wildman–Crippen LogP) is 3.63. The van der Waals surface area contributed by atoms with Gasteiger partial charge >= 0.3 is 12.1 Å². The molecule has 3 nitrogen and oxygen atoms in total. The van der Waals surface area contributed by atoms with Crippen LogP contribution in [0.15, 0.2) is 42.0 Å². The molecule has 0 saturated carbocycles. The summed E-state index contributed by atoms with van der Waals surface area (Å²) < 4.78 is 45.4. The van der Waals surface area contributed by atoms with Gasteiger partial charge in [-0.15, -0.1) is 0 Å². The van der Waals surface area contributed by atoms with Gasteiger partial charge in [-0.05, 0) is 31.4 Å². The maximum Gasteiger partial charge on any atom is 0.413 e. The number of esters is 1. The molecular formula is C17H17F3O3. The fraction of sp³-hybridized carbons (Fsp3) is 0.412. The summed E-state index contributed by atoms with van der Waals surface area (Å²) in [7, 11) is 0. The predicted molar refractivity (Wildman–Crippen MR) is 77.6 cm³/mol. The van der Waals surface area contributed by atoms with E-state index in [0.717, 1.165) is 0 Å². The lowest BCUT2D eigenvalue weighted by molar-refractivity contribution is -0.163. The quantitative estimate of drug-likeness (QED) is 0.794. The number of alkyl halides is 3. The Kier molecular flexibility index (Phi) is 4.92. The van der Waals surface area contributed by atoms with E-state index < -0.39 is 28.9 Å². The summed E-state index contributed by atoms with van der Waals surface area (Å²) in [5.41, 5.74) is -2.39. The summed E-state index contributed by atoms with van der Waals surface area (Å²) in [6.07, 6.45) is -4.66. The van der Waals surface area contributed by atoms with E-state index in [4.69, 9.17) is 4.74 Å². The van der Waals surface area contributed by atoms with Crippen LogP contribution < -0.4 is 0 Å². The zero-order valence-electron chi connectivity index (χ0n) is 12.7. The number of allylic oxidation sites excluding steroid dienone is 1. The molecule has 1 unspecified atom stereocenters. The van der Waals surface area contributed by atoms with Crippen molar-refractivity contribution in [1.82, 2.24) is 0 Å². The van der Waals surface area contributed by atoms with Crippen molar-refractivity contribution in [2.75, 3.05) is 6.61 Å². The average molecular weight is 326 g/mol. The van der Waals surface area contributed by atoms with Crippen molar-refractivity contribution in [2.24, 2.45) is 5.41 Å². The number of carbonyl (C=O) groups excluding carboxylic acids is 2. The molecule has 0 heterocycles. The van der Waals surface area contributed by atoms with Crippen LogP contribution in [0.1, 0.15) is 25.3 Å². The molecule has 23 heavy (non-hydrogen) atoms. The highest BCUT2D eigenvalue weighted by molar-refractivity contribution is 5.95. The van der Waals surface area contributed by atoms with Gasteiger partial charge < -0.3 is 4.74 Å². The van der Waals surface area contributed by atoms with Crippen molar-refractivity contribution >= 4 is 11.8 Å². The van der Waals surface area contributed by atoms with Crippen LogP contribution in [0.3, 0.4) is 0 Å². The molecule has 0 N–H and O–H groups in total. The normalized spacial score (nSPS) is 21.7. The second-order valence-electron chi connectivity index (χ2n) is 5.49. The standard InChI is InChI=1S/C17H17F3O3/c1-2-23-15(22)16(11-12-6-4-3-5-7-12)9-8-13(21)10-14(16)17(18,19)20/h3-7,10H,2,8-9,11H2,1H3. The summed E-state index contributed by atoms with van der Waals surface area (Å²) in [4.78, 5) is 23.9. The highest BCUT2D eigenvalue weighted by atomic mass is 19.4. The van der Waals surface area contributed by atoms with E-state index in [1.165, 1.54) is 0 Å². The first kappa shape index (κ1) is 17.2. The monoisotopic (exact) mass is 326 g/mol. The Morgan fingerprint density at radius 2 is 1.91 bits per heavy atom. The Balaban J connectivity index is 2.54. The first-order chi connectivity index (χ1) is 10.8. The topological polar surface area (TPSA) is 43.4 Å². The first-order valence-electron chi connectivity index (χ1n) is 7.33. The number of ether oxygens (including phenoxy) is 1. The van der Waals surface area contributed by atoms with Crippen molar-refractivity contribution in [2.45, 2.75) is 32.4 Å². The molecule has 124 valence electrons. The van der Waals surface area contributed by atoms with E-state index in [0.29, 0.717) is 11.6 Å². The van der Waals surface area contributed by atoms with Crippen LogP contribution >= 0.6 is 0 Å². The maximum atomic E-state index is 13.5. The first-order valence-corrected chi connectivity index (χ1v) is 7.33. The van der Waals surface area contributed by atoms with Crippen molar-refractivity contribution < 1.29 is 27.5 Å². The van der Waals surface area contributed by atoms with E-state index in [1.54, 1.807) is 37.3 Å². The number of hydrogen-bond acceptors (Lipinski definition) is 3. The van der Waals surface area contributed by atoms with Gasteiger partial charge in [0.15, 0.2) is 5.78 Å². The minimum absolute atomic E-state index is 0.0194. The Labute approximate surface area is 132 Å². The summed E-state index contributed by atoms with van der Waals surface area (Å²) in [5, 5.41) is 0. The summed E-state index contributed by atoms with van der Waals surface area (Å²) in [5.74, 6) is -1.55. The van der Waals surface area contributed by atoms with Crippen LogP contribution in [0, 0.1) is 5.41 Å². The maximum absolute atomic E-state index is 13.5. The molecule has 0 amide bonds. The molecule has 0 bridgehead atoms. The molecule has 0 aromatic heterocycles. The summed E-state index contributed by atoms with van der Waals surface area (Å²) in [6, 6.07) is 8.44. The van der Waals surface area contributed by atoms with Gasteiger partial charge in [-0.25, -0.2) is 0 Å². The Morgan fingerprint density at radius 3 is 2.48 bits per heavy atom. The number of carbonyl (C=O) groups is 2. The van der Waals surface area contributed by atoms with Crippen LogP contribution in [0.25, 0.3) is 0 Å². The van der Waals surface area contributed by atoms with Crippen LogP contribution in [0.4, 0.5) is 13.2 Å². The molecular weight excluding hydrogens is 309 g/mol. The van der Waals surface area contributed by atoms with Gasteiger partial charge in [-0.2, -0.15) is 13.2 Å². The lowest BCUT2D eigenvalue weighted by Gasteiger charge is -2.37. The third-order valence-corrected chi connectivity index (χ3v) is 3.94. The van der Waals surface area contributed by atoms with Gasteiger partial charge in [-0.3, -0.25) is 9.59 Å². The van der Waals surface area contributed by atoms with Crippen molar-refractivity contribution in [3.63, 3.8) is 0 Å². The smallest absolute Gasteiger partial charge is 0.413 e. The lowest BCUT2D eigenvalue weighted by Crippen LogP contribution is -2.44. The molecule has 1 atom stereocenters. The molecule has 1 aliphatic rings. The highest BCUT2D eigenvalue weighted by Crippen LogP contribution is 2.48. The van der Waals surface area contributed by atoms with E-state index in [2.05, 4.69) is 0 Å². The largest absolute Gasteiger partial charge is 0.465 e. The Hall–Kier alpha value is -2.11. The molecule has 0 saturated heterocycles. The summed E-state index contributed by atoms with van der Waals surface area (Å²) >= 11 is 0. The van der Waals surface area contributed by atoms with Gasteiger partial charge in [0.2, 0.25) is 0 Å². The minimum atomic E-state index is -4.77. The van der Waals surface area contributed by atoms with E-state index >= 15 is 0 Å². The highest BCUT2D eigenvalue weighted by Gasteiger charge is 2.55. The Bertz CT molecular complexity index is 620. The number of rotatable bonds is 4. The number of ketones is 1. The van der Waals surface area contributed by atoms with Crippen molar-refractivity contribution in [3.05, 3.63) is 47.5 Å². The lowest BCUT2D eigenvalue weighted by atomic mass is 9.68. The second-order valence-corrected chi connectivity index (χ2v) is 5.49. The SMILES string of the molecule is CCOC(=O)C1(Cc2ccccc2)CCC(=O)C=C1C(F)(F)F. The number of hydrogen-bond donors (Lipinski definition) is 0. The Morgan fingerprint density at radius 1 is 1.26 bits per heavy atom. The van der Waals surface area contributed by atoms with Crippen LogP contribution in [0.5, 0.6) is 0 Å². The summed E-state index contributed by atoms with van der Waals surface area (Å²) in [6.45, 7) is 1.52. The number of benzene rings is 1. The molecule has 0 spiro atoms. The molecule has 6 heteroatoms. The van der Waals surface area contributed by atoms with E-state index in [9.17, 15) is 22.8 Å². The minimum Gasteiger partial charge on any atom is -0.465 e. The van der Waals surface area contributed by atoms with Gasteiger partial charge in [0.05, 0.1) is 12.2 Å². The van der Waals surface area contributed by atoms with Crippen LogP contribution in [-0.2, 0) is 20.7 Å². The van der Waals surface area contributed by atoms with Crippen LogP contribution in [-0.4, -0.2) is 24.5 Å². The van der Waals surface area contributed by atoms with E-state index in [1.807, 2.05) is 0 Å². The molecule has 2 rings (SSSR count). The second kappa shape index (κ2) is 6.56. The zero-order chi connectivity index (χ0) is 17.1. The average Bonchev–Trinajstić information content (AvgIpc) is 2.49. The third kappa shape index (κ3) is 3.63. The van der Waals surface area contributed by atoms with Gasteiger partial charge in [-0.1, -0.05) is 30.3 Å². The molecule has 1 aromatic carbocycles. The third-order valence-electron chi connectivity index (χ3n) is 3.94. The van der Waals surface area contributed by atoms with Crippen molar-refractivity contribution in [1.29, 1.82) is 0 Å².